The first-order valence-electron chi connectivity index (χ1n) is 10.3. The van der Waals surface area contributed by atoms with Crippen molar-refractivity contribution in [3.05, 3.63) is 51.7 Å². The molecule has 1 amide bonds. The molecule has 1 aliphatic heterocycles. The third-order valence-electron chi connectivity index (χ3n) is 5.38. The van der Waals surface area contributed by atoms with Crippen molar-refractivity contribution in [1.82, 2.24) is 9.80 Å². The lowest BCUT2D eigenvalue weighted by Gasteiger charge is -2.38. The zero-order chi connectivity index (χ0) is 21.0. The van der Waals surface area contributed by atoms with Crippen LogP contribution < -0.4 is 4.74 Å². The third kappa shape index (κ3) is 5.59. The Balaban J connectivity index is 1.75. The van der Waals surface area contributed by atoms with Crippen LogP contribution in [-0.4, -0.2) is 59.2 Å². The van der Waals surface area contributed by atoms with Gasteiger partial charge in [0.05, 0.1) is 18.7 Å². The summed E-state index contributed by atoms with van der Waals surface area (Å²) < 4.78 is 6.11. The second kappa shape index (κ2) is 9.74. The summed E-state index contributed by atoms with van der Waals surface area (Å²) in [7, 11) is 0. The van der Waals surface area contributed by atoms with Crippen molar-refractivity contribution in [3.8, 4) is 5.75 Å². The normalized spacial score (nSPS) is 17.5. The van der Waals surface area contributed by atoms with Crippen LogP contribution in [0.2, 0.25) is 0 Å². The zero-order valence-electron chi connectivity index (χ0n) is 17.8. The molecule has 0 unspecified atom stereocenters. The van der Waals surface area contributed by atoms with Gasteiger partial charge in [-0.3, -0.25) is 9.69 Å². The number of aliphatic hydroxyl groups is 1. The van der Waals surface area contributed by atoms with Gasteiger partial charge in [0.25, 0.3) is 0 Å². The molecule has 2 heterocycles. The van der Waals surface area contributed by atoms with Crippen molar-refractivity contribution in [2.45, 2.75) is 52.3 Å². The Morgan fingerprint density at radius 2 is 2.14 bits per heavy atom. The highest BCUT2D eigenvalue weighted by atomic mass is 32.1. The van der Waals surface area contributed by atoms with Crippen molar-refractivity contribution in [3.63, 3.8) is 0 Å². The van der Waals surface area contributed by atoms with Crippen molar-refractivity contribution in [1.29, 1.82) is 0 Å². The smallest absolute Gasteiger partial charge is 0.237 e. The molecule has 0 aliphatic carbocycles. The van der Waals surface area contributed by atoms with E-state index < -0.39 is 6.10 Å². The van der Waals surface area contributed by atoms with E-state index in [2.05, 4.69) is 25.3 Å². The Kier molecular flexibility index (Phi) is 7.33. The van der Waals surface area contributed by atoms with Gasteiger partial charge in [-0.2, -0.15) is 0 Å². The number of nitrogens with zero attached hydrogens (tertiary/aromatic N) is 2. The van der Waals surface area contributed by atoms with E-state index in [0.717, 1.165) is 17.7 Å². The Hall–Kier alpha value is -1.89. The third-order valence-corrected chi connectivity index (χ3v) is 6.38. The standard InChI is InChI=1S/C23H32N2O3S/c1-16(2)24(13-18(4)26)14-23(27)25-10-8-22-20(9-11-29-22)21(25)15-28-19-7-5-6-17(3)12-19/h5-7,9,11-12,16,18,21,26H,8,10,13-15H2,1-4H3/t18-,21+/m0/s1. The van der Waals surface area contributed by atoms with Crippen LogP contribution in [0.4, 0.5) is 0 Å². The summed E-state index contributed by atoms with van der Waals surface area (Å²) in [5.41, 5.74) is 2.36. The maximum atomic E-state index is 13.3. The Labute approximate surface area is 177 Å². The number of fused-ring (bicyclic) bond motifs is 1. The van der Waals surface area contributed by atoms with Gasteiger partial charge in [0.15, 0.2) is 0 Å². The minimum absolute atomic E-state index is 0.0847. The average Bonchev–Trinajstić information content (AvgIpc) is 3.14. The van der Waals surface area contributed by atoms with E-state index in [9.17, 15) is 9.90 Å². The molecule has 0 radical (unpaired) electrons. The number of aryl methyl sites for hydroxylation is 1. The number of benzene rings is 1. The maximum Gasteiger partial charge on any atom is 0.237 e. The van der Waals surface area contributed by atoms with Crippen LogP contribution in [0.15, 0.2) is 35.7 Å². The minimum atomic E-state index is -0.463. The summed E-state index contributed by atoms with van der Waals surface area (Å²) in [6, 6.07) is 10.2. The van der Waals surface area contributed by atoms with Crippen molar-refractivity contribution in [2.24, 2.45) is 0 Å². The Morgan fingerprint density at radius 3 is 2.83 bits per heavy atom. The largest absolute Gasteiger partial charge is 0.491 e. The molecular formula is C23H32N2O3S. The Morgan fingerprint density at radius 1 is 1.34 bits per heavy atom. The van der Waals surface area contributed by atoms with E-state index in [1.54, 1.807) is 18.3 Å². The van der Waals surface area contributed by atoms with Gasteiger partial charge in [0.2, 0.25) is 5.91 Å². The number of amides is 1. The summed E-state index contributed by atoms with van der Waals surface area (Å²) in [6.07, 6.45) is 0.424. The first-order chi connectivity index (χ1) is 13.8. The highest BCUT2D eigenvalue weighted by molar-refractivity contribution is 7.10. The molecule has 1 aromatic carbocycles. The molecule has 6 heteroatoms. The summed E-state index contributed by atoms with van der Waals surface area (Å²) >= 11 is 1.76. The molecule has 2 atom stereocenters. The number of aliphatic hydroxyl groups excluding tert-OH is 1. The number of thiophene rings is 1. The summed E-state index contributed by atoms with van der Waals surface area (Å²) in [5, 5.41) is 11.9. The van der Waals surface area contributed by atoms with Crippen molar-refractivity contribution >= 4 is 17.2 Å². The highest BCUT2D eigenvalue weighted by Gasteiger charge is 2.33. The molecule has 0 bridgehead atoms. The van der Waals surface area contributed by atoms with Gasteiger partial charge >= 0.3 is 0 Å². The second-order valence-electron chi connectivity index (χ2n) is 8.15. The van der Waals surface area contributed by atoms with Gasteiger partial charge in [-0.15, -0.1) is 11.3 Å². The predicted octanol–water partition coefficient (Wildman–Crippen LogP) is 3.65. The predicted molar refractivity (Wildman–Crippen MR) is 118 cm³/mol. The lowest BCUT2D eigenvalue weighted by atomic mass is 10.00. The minimum Gasteiger partial charge on any atom is -0.491 e. The molecule has 0 fully saturated rings. The van der Waals surface area contributed by atoms with Crippen LogP contribution in [0.5, 0.6) is 5.75 Å². The molecule has 3 rings (SSSR count). The van der Waals surface area contributed by atoms with Gasteiger partial charge in [0, 0.05) is 24.0 Å². The molecule has 5 nitrogen and oxygen atoms in total. The van der Waals surface area contributed by atoms with Crippen LogP contribution in [0.3, 0.4) is 0 Å². The molecule has 0 saturated carbocycles. The summed E-state index contributed by atoms with van der Waals surface area (Å²) in [5.74, 6) is 0.923. The van der Waals surface area contributed by atoms with Gasteiger partial charge in [-0.05, 0) is 68.8 Å². The highest BCUT2D eigenvalue weighted by Crippen LogP contribution is 2.34. The second-order valence-corrected chi connectivity index (χ2v) is 9.15. The lowest BCUT2D eigenvalue weighted by molar-refractivity contribution is -0.136. The van der Waals surface area contributed by atoms with Crippen LogP contribution in [0.25, 0.3) is 0 Å². The first-order valence-corrected chi connectivity index (χ1v) is 11.2. The molecular weight excluding hydrogens is 384 g/mol. The Bertz CT molecular complexity index is 818. The number of carbonyl (C=O) groups excluding carboxylic acids is 1. The van der Waals surface area contributed by atoms with E-state index >= 15 is 0 Å². The number of hydrogen-bond donors (Lipinski definition) is 1. The molecule has 1 aromatic heterocycles. The van der Waals surface area contributed by atoms with E-state index in [1.807, 2.05) is 41.0 Å². The first kappa shape index (κ1) is 21.8. The van der Waals surface area contributed by atoms with Crippen LogP contribution >= 0.6 is 11.3 Å². The number of rotatable bonds is 8. The fraction of sp³-hybridized carbons (Fsp3) is 0.522. The number of hydrogen-bond acceptors (Lipinski definition) is 5. The maximum absolute atomic E-state index is 13.3. The van der Waals surface area contributed by atoms with E-state index in [-0.39, 0.29) is 18.0 Å². The molecule has 0 saturated heterocycles. The van der Waals surface area contributed by atoms with E-state index in [0.29, 0.717) is 26.2 Å². The lowest BCUT2D eigenvalue weighted by Crippen LogP contribution is -2.49. The summed E-state index contributed by atoms with van der Waals surface area (Å²) in [4.78, 5) is 18.6. The summed E-state index contributed by atoms with van der Waals surface area (Å²) in [6.45, 7) is 9.86. The fourth-order valence-electron chi connectivity index (χ4n) is 3.82. The van der Waals surface area contributed by atoms with Crippen molar-refractivity contribution in [2.75, 3.05) is 26.2 Å². The van der Waals surface area contributed by atoms with E-state index in [1.165, 1.54) is 10.4 Å². The monoisotopic (exact) mass is 416 g/mol. The molecule has 158 valence electrons. The molecule has 1 N–H and O–H groups in total. The van der Waals surface area contributed by atoms with Gasteiger partial charge in [0.1, 0.15) is 12.4 Å². The van der Waals surface area contributed by atoms with Crippen molar-refractivity contribution < 1.29 is 14.6 Å². The zero-order valence-corrected chi connectivity index (χ0v) is 18.6. The van der Waals surface area contributed by atoms with Gasteiger partial charge in [-0.1, -0.05) is 12.1 Å². The van der Waals surface area contributed by atoms with Gasteiger partial charge in [-0.25, -0.2) is 0 Å². The average molecular weight is 417 g/mol. The number of ether oxygens (including phenoxy) is 1. The quantitative estimate of drug-likeness (QED) is 0.714. The molecule has 1 aliphatic rings. The topological polar surface area (TPSA) is 53.0 Å². The molecule has 0 spiro atoms. The van der Waals surface area contributed by atoms with E-state index in [4.69, 9.17) is 4.74 Å². The fourth-order valence-corrected chi connectivity index (χ4v) is 4.74. The van der Waals surface area contributed by atoms with Crippen LogP contribution in [0, 0.1) is 6.92 Å². The van der Waals surface area contributed by atoms with Gasteiger partial charge < -0.3 is 14.7 Å². The van der Waals surface area contributed by atoms with Crippen LogP contribution in [0.1, 0.15) is 42.8 Å². The SMILES string of the molecule is Cc1cccc(OC[C@@H]2c3ccsc3CCN2C(=O)CN(C[C@H](C)O)C(C)C)c1. The number of carbonyl (C=O) groups is 1. The van der Waals surface area contributed by atoms with Crippen LogP contribution in [-0.2, 0) is 11.2 Å². The molecule has 2 aromatic rings. The molecule has 29 heavy (non-hydrogen) atoms.